The highest BCUT2D eigenvalue weighted by Crippen LogP contribution is 2.27. The SMILES string of the molecule is Cc1ccc(N(C)CC(N)=O)c([N+](=O)[O-])c1. The van der Waals surface area contributed by atoms with Gasteiger partial charge in [0.15, 0.2) is 0 Å². The number of amides is 1. The van der Waals surface area contributed by atoms with E-state index in [9.17, 15) is 14.9 Å². The molecule has 1 amide bonds. The third-order valence-corrected chi connectivity index (χ3v) is 2.13. The smallest absolute Gasteiger partial charge is 0.292 e. The maximum atomic E-state index is 10.8. The molecule has 0 fully saturated rings. The van der Waals surface area contributed by atoms with Gasteiger partial charge in [-0.25, -0.2) is 0 Å². The average molecular weight is 223 g/mol. The van der Waals surface area contributed by atoms with Crippen molar-refractivity contribution < 1.29 is 9.72 Å². The summed E-state index contributed by atoms with van der Waals surface area (Å²) < 4.78 is 0. The van der Waals surface area contributed by atoms with E-state index in [0.717, 1.165) is 5.56 Å². The zero-order valence-corrected chi connectivity index (χ0v) is 9.14. The molecule has 0 aromatic heterocycles. The van der Waals surface area contributed by atoms with Crippen molar-refractivity contribution >= 4 is 17.3 Å². The minimum atomic E-state index is -0.530. The summed E-state index contributed by atoms with van der Waals surface area (Å²) in [4.78, 5) is 22.6. The zero-order valence-electron chi connectivity index (χ0n) is 9.14. The lowest BCUT2D eigenvalue weighted by Gasteiger charge is -2.17. The molecule has 1 aromatic rings. The van der Waals surface area contributed by atoms with Gasteiger partial charge in [0, 0.05) is 13.1 Å². The molecule has 6 nitrogen and oxygen atoms in total. The predicted octanol–water partition coefficient (Wildman–Crippen LogP) is 0.825. The number of primary amides is 1. The molecular weight excluding hydrogens is 210 g/mol. The number of aryl methyl sites for hydroxylation is 1. The molecule has 0 saturated carbocycles. The van der Waals surface area contributed by atoms with Crippen LogP contribution in [-0.2, 0) is 4.79 Å². The molecule has 0 radical (unpaired) electrons. The summed E-state index contributed by atoms with van der Waals surface area (Å²) in [7, 11) is 1.59. The summed E-state index contributed by atoms with van der Waals surface area (Å²) >= 11 is 0. The molecule has 0 saturated heterocycles. The van der Waals surface area contributed by atoms with Crippen LogP contribution in [0.25, 0.3) is 0 Å². The van der Waals surface area contributed by atoms with Crippen LogP contribution in [-0.4, -0.2) is 24.4 Å². The average Bonchev–Trinajstić information content (AvgIpc) is 2.16. The highest BCUT2D eigenvalue weighted by molar-refractivity contribution is 5.80. The third-order valence-electron chi connectivity index (χ3n) is 2.13. The van der Waals surface area contributed by atoms with Gasteiger partial charge in [0.2, 0.25) is 5.91 Å². The van der Waals surface area contributed by atoms with Crippen LogP contribution >= 0.6 is 0 Å². The van der Waals surface area contributed by atoms with Crippen molar-refractivity contribution in [2.24, 2.45) is 5.73 Å². The maximum absolute atomic E-state index is 10.8. The summed E-state index contributed by atoms with van der Waals surface area (Å²) in [6.07, 6.45) is 0. The van der Waals surface area contributed by atoms with Gasteiger partial charge in [-0.15, -0.1) is 0 Å². The first-order valence-corrected chi connectivity index (χ1v) is 4.66. The molecule has 0 atom stereocenters. The second-order valence-electron chi connectivity index (χ2n) is 3.57. The number of benzene rings is 1. The van der Waals surface area contributed by atoms with E-state index >= 15 is 0 Å². The predicted molar refractivity (Wildman–Crippen MR) is 60.3 cm³/mol. The minimum absolute atomic E-state index is 0.0243. The molecular formula is C10H13N3O3. The molecule has 16 heavy (non-hydrogen) atoms. The topological polar surface area (TPSA) is 89.5 Å². The fourth-order valence-corrected chi connectivity index (χ4v) is 1.42. The molecule has 0 bridgehead atoms. The van der Waals surface area contributed by atoms with Gasteiger partial charge >= 0.3 is 0 Å². The molecule has 1 aromatic carbocycles. The van der Waals surface area contributed by atoms with Crippen LogP contribution in [0.3, 0.4) is 0 Å². The van der Waals surface area contributed by atoms with Gasteiger partial charge in [-0.3, -0.25) is 14.9 Å². The number of carbonyl (C=O) groups excluding carboxylic acids is 1. The zero-order chi connectivity index (χ0) is 12.3. The molecule has 0 aliphatic heterocycles. The van der Waals surface area contributed by atoms with Crippen LogP contribution in [0.5, 0.6) is 0 Å². The molecule has 6 heteroatoms. The number of nitrogens with two attached hydrogens (primary N) is 1. The van der Waals surface area contributed by atoms with Crippen molar-refractivity contribution in [3.8, 4) is 0 Å². The van der Waals surface area contributed by atoms with Gasteiger partial charge in [-0.2, -0.15) is 0 Å². The van der Waals surface area contributed by atoms with E-state index in [-0.39, 0.29) is 12.2 Å². The van der Waals surface area contributed by atoms with Crippen molar-refractivity contribution in [1.29, 1.82) is 0 Å². The maximum Gasteiger partial charge on any atom is 0.292 e. The summed E-state index contributed by atoms with van der Waals surface area (Å²) in [5, 5.41) is 10.8. The molecule has 1 rings (SSSR count). The van der Waals surface area contributed by atoms with E-state index in [4.69, 9.17) is 5.73 Å². The van der Waals surface area contributed by atoms with Crippen LogP contribution in [0.2, 0.25) is 0 Å². The van der Waals surface area contributed by atoms with Gasteiger partial charge in [0.05, 0.1) is 11.5 Å². The highest BCUT2D eigenvalue weighted by atomic mass is 16.6. The Labute approximate surface area is 92.8 Å². The van der Waals surface area contributed by atoms with Crippen molar-refractivity contribution in [2.75, 3.05) is 18.5 Å². The number of likely N-dealkylation sites (N-methyl/N-ethyl adjacent to an activating group) is 1. The largest absolute Gasteiger partial charge is 0.368 e. The number of rotatable bonds is 4. The van der Waals surface area contributed by atoms with Crippen molar-refractivity contribution in [3.05, 3.63) is 33.9 Å². The number of nitrogens with zero attached hydrogens (tertiary/aromatic N) is 2. The summed E-state index contributed by atoms with van der Waals surface area (Å²) in [6.45, 7) is 1.72. The lowest BCUT2D eigenvalue weighted by molar-refractivity contribution is -0.384. The fourth-order valence-electron chi connectivity index (χ4n) is 1.42. The first kappa shape index (κ1) is 12.0. The van der Waals surface area contributed by atoms with Crippen molar-refractivity contribution in [1.82, 2.24) is 0 Å². The molecule has 0 unspecified atom stereocenters. The van der Waals surface area contributed by atoms with E-state index in [1.165, 1.54) is 11.0 Å². The summed E-state index contributed by atoms with van der Waals surface area (Å²) in [6, 6.07) is 4.82. The van der Waals surface area contributed by atoms with E-state index in [2.05, 4.69) is 0 Å². The minimum Gasteiger partial charge on any atom is -0.368 e. The van der Waals surface area contributed by atoms with Gasteiger partial charge in [-0.1, -0.05) is 6.07 Å². The Balaban J connectivity index is 3.12. The molecule has 2 N–H and O–H groups in total. The van der Waals surface area contributed by atoms with Crippen molar-refractivity contribution in [2.45, 2.75) is 6.92 Å². The van der Waals surface area contributed by atoms with Crippen LogP contribution in [0.15, 0.2) is 18.2 Å². The Morgan fingerprint density at radius 3 is 2.69 bits per heavy atom. The normalized spacial score (nSPS) is 9.88. The lowest BCUT2D eigenvalue weighted by atomic mass is 10.2. The molecule has 86 valence electrons. The fraction of sp³-hybridized carbons (Fsp3) is 0.300. The molecule has 0 aliphatic rings. The van der Waals surface area contributed by atoms with Crippen LogP contribution in [0, 0.1) is 17.0 Å². The summed E-state index contributed by atoms with van der Waals surface area (Å²) in [5.41, 5.74) is 6.19. The van der Waals surface area contributed by atoms with Gasteiger partial charge in [0.1, 0.15) is 5.69 Å². The van der Waals surface area contributed by atoms with Crippen LogP contribution < -0.4 is 10.6 Å². The number of nitro benzene ring substituents is 1. The highest BCUT2D eigenvalue weighted by Gasteiger charge is 2.17. The van der Waals surface area contributed by atoms with E-state index in [1.807, 2.05) is 0 Å². The number of carbonyl (C=O) groups is 1. The van der Waals surface area contributed by atoms with Crippen LogP contribution in [0.1, 0.15) is 5.56 Å². The Hall–Kier alpha value is -2.11. The van der Waals surface area contributed by atoms with E-state index in [0.29, 0.717) is 5.69 Å². The van der Waals surface area contributed by atoms with Crippen molar-refractivity contribution in [3.63, 3.8) is 0 Å². The number of anilines is 1. The number of nitro groups is 1. The first-order valence-electron chi connectivity index (χ1n) is 4.66. The Morgan fingerprint density at radius 2 is 2.19 bits per heavy atom. The second kappa shape index (κ2) is 4.61. The quantitative estimate of drug-likeness (QED) is 0.604. The van der Waals surface area contributed by atoms with Gasteiger partial charge in [0.25, 0.3) is 5.69 Å². The third kappa shape index (κ3) is 2.69. The molecule has 0 spiro atoms. The number of hydrogen-bond donors (Lipinski definition) is 1. The Bertz CT molecular complexity index is 431. The molecule has 0 heterocycles. The number of hydrogen-bond acceptors (Lipinski definition) is 4. The second-order valence-corrected chi connectivity index (χ2v) is 3.57. The van der Waals surface area contributed by atoms with Gasteiger partial charge in [-0.05, 0) is 18.6 Å². The van der Waals surface area contributed by atoms with Gasteiger partial charge < -0.3 is 10.6 Å². The van der Waals surface area contributed by atoms with E-state index in [1.54, 1.807) is 26.1 Å². The van der Waals surface area contributed by atoms with E-state index < -0.39 is 10.8 Å². The lowest BCUT2D eigenvalue weighted by Crippen LogP contribution is -2.30. The Morgan fingerprint density at radius 1 is 1.56 bits per heavy atom. The molecule has 0 aliphatic carbocycles. The first-order chi connectivity index (χ1) is 7.41. The summed E-state index contributed by atoms with van der Waals surface area (Å²) in [5.74, 6) is -0.530. The monoisotopic (exact) mass is 223 g/mol. The standard InChI is InChI=1S/C10H13N3O3/c1-7-3-4-8(9(5-7)13(15)16)12(2)6-10(11)14/h3-5H,6H2,1-2H3,(H2,11,14). The van der Waals surface area contributed by atoms with Crippen LogP contribution in [0.4, 0.5) is 11.4 Å². The Kier molecular flexibility index (Phi) is 3.44.